The van der Waals surface area contributed by atoms with E-state index in [1.165, 1.54) is 7.11 Å². The molecule has 1 aliphatic rings. The number of esters is 1. The summed E-state index contributed by atoms with van der Waals surface area (Å²) >= 11 is 3.36. The number of nitrogens with zero attached hydrogens (tertiary/aromatic N) is 2. The van der Waals surface area contributed by atoms with Crippen molar-refractivity contribution in [1.82, 2.24) is 9.55 Å². The first-order chi connectivity index (χ1) is 7.22. The van der Waals surface area contributed by atoms with Crippen LogP contribution in [0.5, 0.6) is 0 Å². The van der Waals surface area contributed by atoms with Crippen LogP contribution in [-0.4, -0.2) is 29.2 Å². The van der Waals surface area contributed by atoms with Crippen molar-refractivity contribution in [3.8, 4) is 0 Å². The molecule has 0 saturated carbocycles. The second-order valence-corrected chi connectivity index (χ2v) is 3.94. The van der Waals surface area contributed by atoms with E-state index in [1.807, 2.05) is 4.57 Å². The lowest BCUT2D eigenvalue weighted by Gasteiger charge is -2.16. The number of hydrogen-bond donors (Lipinski definition) is 0. The molecule has 2 rings (SSSR count). The number of carbonyl (C=O) groups is 1. The zero-order valence-electron chi connectivity index (χ0n) is 8.33. The van der Waals surface area contributed by atoms with Crippen LogP contribution in [0.2, 0.25) is 0 Å². The minimum Gasteiger partial charge on any atom is -0.469 e. The molecule has 0 bridgehead atoms. The summed E-state index contributed by atoms with van der Waals surface area (Å²) in [6, 6.07) is 0. The average Bonchev–Trinajstić information content (AvgIpc) is 2.57. The third kappa shape index (κ3) is 2.05. The van der Waals surface area contributed by atoms with Gasteiger partial charge in [-0.15, -0.1) is 0 Å². The molecule has 0 radical (unpaired) electrons. The molecule has 0 aliphatic carbocycles. The minimum atomic E-state index is -0.283. The van der Waals surface area contributed by atoms with Gasteiger partial charge >= 0.3 is 5.97 Å². The van der Waals surface area contributed by atoms with Crippen molar-refractivity contribution in [3.63, 3.8) is 0 Å². The summed E-state index contributed by atoms with van der Waals surface area (Å²) < 4.78 is 12.7. The van der Waals surface area contributed by atoms with Crippen LogP contribution in [0, 0.1) is 0 Å². The first-order valence-corrected chi connectivity index (χ1v) is 5.40. The second kappa shape index (κ2) is 4.32. The number of imidazole rings is 1. The van der Waals surface area contributed by atoms with E-state index in [2.05, 4.69) is 25.7 Å². The van der Waals surface area contributed by atoms with Crippen molar-refractivity contribution in [2.24, 2.45) is 0 Å². The van der Waals surface area contributed by atoms with Crippen LogP contribution in [0.15, 0.2) is 4.73 Å². The molecular weight excluding hydrogens is 264 g/mol. The van der Waals surface area contributed by atoms with Gasteiger partial charge in [0.2, 0.25) is 0 Å². The van der Waals surface area contributed by atoms with E-state index in [9.17, 15) is 4.79 Å². The Labute approximate surface area is 95.5 Å². The number of ether oxygens (including phenoxy) is 2. The first-order valence-electron chi connectivity index (χ1n) is 4.60. The molecule has 0 amide bonds. The van der Waals surface area contributed by atoms with Crippen LogP contribution < -0.4 is 0 Å². The van der Waals surface area contributed by atoms with Gasteiger partial charge in [0.15, 0.2) is 4.73 Å². The largest absolute Gasteiger partial charge is 0.469 e. The van der Waals surface area contributed by atoms with Gasteiger partial charge in [0.05, 0.1) is 38.1 Å². The number of hydrogen-bond acceptors (Lipinski definition) is 4. The van der Waals surface area contributed by atoms with Gasteiger partial charge in [0.1, 0.15) is 0 Å². The molecule has 1 aromatic rings. The van der Waals surface area contributed by atoms with Crippen molar-refractivity contribution < 1.29 is 14.3 Å². The molecule has 0 fully saturated rings. The van der Waals surface area contributed by atoms with Crippen LogP contribution in [0.3, 0.4) is 0 Å². The number of aromatic nitrogens is 2. The van der Waals surface area contributed by atoms with E-state index in [4.69, 9.17) is 4.74 Å². The summed E-state index contributed by atoms with van der Waals surface area (Å²) in [5.74, 6) is -0.283. The Bertz CT molecular complexity index is 389. The van der Waals surface area contributed by atoms with E-state index in [-0.39, 0.29) is 12.4 Å². The standard InChI is InChI=1S/C9H11BrN2O3/c1-14-8(13)4-6-7-5-15-3-2-12(7)9(10)11-6/h2-5H2,1H3. The highest BCUT2D eigenvalue weighted by atomic mass is 79.9. The molecule has 0 saturated heterocycles. The average molecular weight is 275 g/mol. The molecule has 0 spiro atoms. The third-order valence-corrected chi connectivity index (χ3v) is 2.95. The van der Waals surface area contributed by atoms with Crippen molar-refractivity contribution >= 4 is 21.9 Å². The summed E-state index contributed by atoms with van der Waals surface area (Å²) in [7, 11) is 1.37. The molecule has 0 aromatic carbocycles. The van der Waals surface area contributed by atoms with Crippen LogP contribution in [0.25, 0.3) is 0 Å². The molecule has 15 heavy (non-hydrogen) atoms. The number of carbonyl (C=O) groups excluding carboxylic acids is 1. The molecule has 82 valence electrons. The minimum absolute atomic E-state index is 0.195. The van der Waals surface area contributed by atoms with Gasteiger partial charge in [-0.1, -0.05) is 0 Å². The monoisotopic (exact) mass is 274 g/mol. The maximum absolute atomic E-state index is 11.1. The van der Waals surface area contributed by atoms with Gasteiger partial charge in [0.25, 0.3) is 0 Å². The topological polar surface area (TPSA) is 53.3 Å². The Morgan fingerprint density at radius 2 is 2.53 bits per heavy atom. The lowest BCUT2D eigenvalue weighted by atomic mass is 10.2. The molecule has 0 N–H and O–H groups in total. The summed E-state index contributed by atoms with van der Waals surface area (Å²) in [6.45, 7) is 1.95. The van der Waals surface area contributed by atoms with E-state index in [0.717, 1.165) is 22.7 Å². The zero-order valence-corrected chi connectivity index (χ0v) is 9.91. The van der Waals surface area contributed by atoms with Gasteiger partial charge in [-0.05, 0) is 15.9 Å². The Kier molecular flexibility index (Phi) is 3.06. The second-order valence-electron chi connectivity index (χ2n) is 3.23. The summed E-state index contributed by atoms with van der Waals surface area (Å²) in [5.41, 5.74) is 1.69. The van der Waals surface area contributed by atoms with E-state index >= 15 is 0 Å². The molecule has 2 heterocycles. The molecule has 1 aromatic heterocycles. The highest BCUT2D eigenvalue weighted by Gasteiger charge is 2.20. The zero-order chi connectivity index (χ0) is 10.8. The molecule has 0 unspecified atom stereocenters. The van der Waals surface area contributed by atoms with Gasteiger partial charge in [0, 0.05) is 6.54 Å². The molecule has 0 atom stereocenters. The maximum Gasteiger partial charge on any atom is 0.311 e. The maximum atomic E-state index is 11.1. The van der Waals surface area contributed by atoms with Crippen LogP contribution in [-0.2, 0) is 33.8 Å². The highest BCUT2D eigenvalue weighted by Crippen LogP contribution is 2.21. The fraction of sp³-hybridized carbons (Fsp3) is 0.556. The molecule has 1 aliphatic heterocycles. The summed E-state index contributed by atoms with van der Waals surface area (Å²) in [4.78, 5) is 15.4. The number of methoxy groups -OCH3 is 1. The van der Waals surface area contributed by atoms with Gasteiger partial charge in [-0.2, -0.15) is 0 Å². The Morgan fingerprint density at radius 1 is 1.73 bits per heavy atom. The smallest absolute Gasteiger partial charge is 0.311 e. The van der Waals surface area contributed by atoms with Gasteiger partial charge in [-0.25, -0.2) is 4.98 Å². The fourth-order valence-corrected chi connectivity index (χ4v) is 2.17. The van der Waals surface area contributed by atoms with Crippen molar-refractivity contribution in [2.45, 2.75) is 19.6 Å². The Balaban J connectivity index is 2.28. The Hall–Kier alpha value is -0.880. The predicted molar refractivity (Wildman–Crippen MR) is 55.3 cm³/mol. The lowest BCUT2D eigenvalue weighted by molar-refractivity contribution is -0.139. The van der Waals surface area contributed by atoms with Crippen molar-refractivity contribution in [3.05, 3.63) is 16.1 Å². The van der Waals surface area contributed by atoms with Gasteiger partial charge in [-0.3, -0.25) is 4.79 Å². The normalized spacial score (nSPS) is 14.8. The first kappa shape index (κ1) is 10.6. The van der Waals surface area contributed by atoms with Crippen LogP contribution in [0.1, 0.15) is 11.4 Å². The third-order valence-electron chi connectivity index (χ3n) is 2.35. The van der Waals surface area contributed by atoms with Crippen LogP contribution >= 0.6 is 15.9 Å². The van der Waals surface area contributed by atoms with Crippen LogP contribution in [0.4, 0.5) is 0 Å². The molecule has 6 heteroatoms. The Morgan fingerprint density at radius 3 is 3.27 bits per heavy atom. The predicted octanol–water partition coefficient (Wildman–Crippen LogP) is 0.891. The SMILES string of the molecule is COC(=O)Cc1nc(Br)n2c1COCC2. The van der Waals surface area contributed by atoms with E-state index < -0.39 is 0 Å². The molecule has 5 nitrogen and oxygen atoms in total. The summed E-state index contributed by atoms with van der Waals surface area (Å²) in [6.07, 6.45) is 0.195. The van der Waals surface area contributed by atoms with Crippen molar-refractivity contribution in [1.29, 1.82) is 0 Å². The summed E-state index contributed by atoms with van der Waals surface area (Å²) in [5, 5.41) is 0. The van der Waals surface area contributed by atoms with E-state index in [0.29, 0.717) is 13.2 Å². The molecular formula is C9H11BrN2O3. The van der Waals surface area contributed by atoms with Crippen molar-refractivity contribution in [2.75, 3.05) is 13.7 Å². The van der Waals surface area contributed by atoms with Gasteiger partial charge < -0.3 is 14.0 Å². The number of fused-ring (bicyclic) bond motifs is 1. The van der Waals surface area contributed by atoms with E-state index in [1.54, 1.807) is 0 Å². The fourth-order valence-electron chi connectivity index (χ4n) is 1.57. The number of rotatable bonds is 2. The lowest BCUT2D eigenvalue weighted by Crippen LogP contribution is -2.18. The number of halogens is 1. The quantitative estimate of drug-likeness (QED) is 0.752. The highest BCUT2D eigenvalue weighted by molar-refractivity contribution is 9.10.